The fourth-order valence-corrected chi connectivity index (χ4v) is 13.5. The number of rotatable bonds is 10. The maximum Gasteiger partial charge on any atom is 0.0822 e. The van der Waals surface area contributed by atoms with E-state index in [0.717, 1.165) is 45.8 Å². The van der Waals surface area contributed by atoms with Crippen LogP contribution in [0.15, 0.2) is 176 Å². The normalized spacial score (nSPS) is 11.9. The average molecular weight is 1180 g/mol. The Morgan fingerprint density at radius 3 is 1.89 bits per heavy atom. The molecule has 5 aromatic heterocycles. The van der Waals surface area contributed by atoms with Crippen molar-refractivity contribution >= 4 is 77.6 Å². The Balaban J connectivity index is 0.000000252. The summed E-state index contributed by atoms with van der Waals surface area (Å²) in [6.07, 6.45) is 7.06. The summed E-state index contributed by atoms with van der Waals surface area (Å²) in [6.45, 7) is 20.9. The molecule has 1 radical (unpaired) electrons. The number of fused-ring (bicyclic) bond motifs is 7. The van der Waals surface area contributed by atoms with Gasteiger partial charge < -0.3 is 14.1 Å². The van der Waals surface area contributed by atoms with E-state index in [0.29, 0.717) is 5.92 Å². The quantitative estimate of drug-likeness (QED) is 0.101. The molecule has 0 saturated carbocycles. The first-order valence-electron chi connectivity index (χ1n) is 25.7. The van der Waals surface area contributed by atoms with E-state index in [1.165, 1.54) is 80.7 Å². The maximum atomic E-state index is 5.46. The molecular formula is C66H61IrN5SSi-2. The minimum absolute atomic E-state index is 0. The third kappa shape index (κ3) is 9.39. The molecule has 7 aromatic carbocycles. The number of hydrogen-bond acceptors (Lipinski definition) is 4. The molecule has 0 atom stereocenters. The number of imidazole rings is 1. The molecule has 0 aliphatic carbocycles. The van der Waals surface area contributed by atoms with Gasteiger partial charge in [-0.3, -0.25) is 9.97 Å². The third-order valence-electron chi connectivity index (χ3n) is 14.1. The predicted octanol–water partition coefficient (Wildman–Crippen LogP) is 17.6. The van der Waals surface area contributed by atoms with Gasteiger partial charge in [-0.1, -0.05) is 169 Å². The van der Waals surface area contributed by atoms with Crippen LogP contribution in [0.25, 0.3) is 98.2 Å². The molecule has 0 unspecified atom stereocenters. The van der Waals surface area contributed by atoms with E-state index >= 15 is 0 Å². The van der Waals surface area contributed by atoms with Gasteiger partial charge >= 0.3 is 0 Å². The Kier molecular flexibility index (Phi) is 14.3. The van der Waals surface area contributed by atoms with Gasteiger partial charge in [-0.15, -0.1) is 48.0 Å². The summed E-state index contributed by atoms with van der Waals surface area (Å²) in [5.74, 6) is 2.07. The fraction of sp³-hybridized carbons (Fsp3) is 0.197. The Morgan fingerprint density at radius 2 is 1.26 bits per heavy atom. The SMILES string of the molecule is CC(C)Cc1cc(-c2[c-]cccc2)ncc1[Si](C)(C)C.CC(C)c1cc(-c2ccccc2)cc(C(C)C)c1-n1c(-c2[c-]cc(-n3c4ccccc4c4ccccc43)c3sc4ccccc4c23)nc2ccncc21.[Ir]. The molecule has 12 aromatic rings. The van der Waals surface area contributed by atoms with Crippen LogP contribution in [0.1, 0.15) is 70.1 Å². The molecule has 0 aliphatic heterocycles. The second-order valence-electron chi connectivity index (χ2n) is 21.4. The van der Waals surface area contributed by atoms with Crippen molar-refractivity contribution in [1.82, 2.24) is 24.1 Å². The summed E-state index contributed by atoms with van der Waals surface area (Å²) in [5, 5.41) is 6.37. The first-order valence-corrected chi connectivity index (χ1v) is 30.0. The van der Waals surface area contributed by atoms with Crippen LogP contribution in [-0.2, 0) is 26.5 Å². The number of aromatic nitrogens is 5. The van der Waals surface area contributed by atoms with Crippen molar-refractivity contribution < 1.29 is 20.1 Å². The van der Waals surface area contributed by atoms with E-state index in [1.54, 1.807) is 0 Å². The largest absolute Gasteiger partial charge is 0.349 e. The van der Waals surface area contributed by atoms with E-state index < -0.39 is 8.07 Å². The molecule has 0 aliphatic rings. The van der Waals surface area contributed by atoms with E-state index in [9.17, 15) is 0 Å². The van der Waals surface area contributed by atoms with Crippen molar-refractivity contribution in [2.75, 3.05) is 0 Å². The van der Waals surface area contributed by atoms with Gasteiger partial charge in [0.1, 0.15) is 0 Å². The van der Waals surface area contributed by atoms with E-state index in [4.69, 9.17) is 4.98 Å². The number of pyridine rings is 2. The molecule has 371 valence electrons. The first-order chi connectivity index (χ1) is 35.4. The van der Waals surface area contributed by atoms with Crippen molar-refractivity contribution in [3.8, 4) is 45.1 Å². The zero-order chi connectivity index (χ0) is 50.5. The van der Waals surface area contributed by atoms with Gasteiger partial charge in [0, 0.05) is 64.7 Å². The second kappa shape index (κ2) is 20.8. The minimum atomic E-state index is -1.34. The summed E-state index contributed by atoms with van der Waals surface area (Å²) in [5.41, 5.74) is 16.2. The van der Waals surface area contributed by atoms with Gasteiger partial charge in [-0.2, -0.15) is 11.3 Å². The summed E-state index contributed by atoms with van der Waals surface area (Å²) in [4.78, 5) is 14.8. The van der Waals surface area contributed by atoms with Crippen LogP contribution in [0, 0.1) is 18.1 Å². The van der Waals surface area contributed by atoms with Gasteiger partial charge in [-0.25, -0.2) is 0 Å². The van der Waals surface area contributed by atoms with Crippen LogP contribution in [0.4, 0.5) is 0 Å². The minimum Gasteiger partial charge on any atom is -0.349 e. The van der Waals surface area contributed by atoms with E-state index in [2.05, 4.69) is 232 Å². The summed E-state index contributed by atoms with van der Waals surface area (Å²) >= 11 is 1.85. The molecular weight excluding hydrogens is 1120 g/mol. The maximum absolute atomic E-state index is 5.46. The molecule has 0 amide bonds. The van der Waals surface area contributed by atoms with Crippen molar-refractivity contribution in [3.63, 3.8) is 0 Å². The van der Waals surface area contributed by atoms with Crippen LogP contribution < -0.4 is 5.19 Å². The number of benzene rings is 7. The van der Waals surface area contributed by atoms with Crippen molar-refractivity contribution in [2.45, 2.75) is 79.4 Å². The zero-order valence-corrected chi connectivity index (χ0v) is 47.9. The van der Waals surface area contributed by atoms with Crippen molar-refractivity contribution in [2.24, 2.45) is 5.92 Å². The number of para-hydroxylation sites is 2. The summed E-state index contributed by atoms with van der Waals surface area (Å²) in [6, 6.07) is 63.5. The molecule has 0 saturated heterocycles. The van der Waals surface area contributed by atoms with Gasteiger partial charge in [0.15, 0.2) is 0 Å². The standard InChI is InChI=1S/C48H37N4S.C18H24NSi.Ir/c1-29(2)37-26-32(31-14-6-5-7-15-31)27-38(30(3)4)46(37)52-43-28-49-25-24-39(43)50-48(52)36-22-23-42(47-45(36)35-18-10-13-21-44(35)53-47)51-40-19-11-8-16-33(40)34-17-9-12-20-41(34)51;1-14(2)11-16-12-17(15-9-7-6-8-10-15)19-13-18(16)20(3,4)5;/h5-21,23-30H,1-4H3;6-9,12-14H,11H2,1-5H3;/q2*-1;. The zero-order valence-electron chi connectivity index (χ0n) is 43.7. The van der Waals surface area contributed by atoms with Crippen LogP contribution in [0.5, 0.6) is 0 Å². The molecule has 8 heteroatoms. The summed E-state index contributed by atoms with van der Waals surface area (Å²) in [7, 11) is -1.34. The Labute approximate surface area is 454 Å². The van der Waals surface area contributed by atoms with Crippen LogP contribution in [-0.4, -0.2) is 32.2 Å². The fourth-order valence-electron chi connectivity index (χ4n) is 10.7. The predicted molar refractivity (Wildman–Crippen MR) is 314 cm³/mol. The molecule has 0 spiro atoms. The molecule has 74 heavy (non-hydrogen) atoms. The molecule has 5 nitrogen and oxygen atoms in total. The van der Waals surface area contributed by atoms with Crippen molar-refractivity contribution in [1.29, 1.82) is 0 Å². The second-order valence-corrected chi connectivity index (χ2v) is 27.5. The third-order valence-corrected chi connectivity index (χ3v) is 17.3. The van der Waals surface area contributed by atoms with Crippen LogP contribution in [0.3, 0.4) is 0 Å². The molecule has 0 N–H and O–H groups in total. The molecule has 0 bridgehead atoms. The van der Waals surface area contributed by atoms with Gasteiger partial charge in [-0.05, 0) is 109 Å². The van der Waals surface area contributed by atoms with Crippen LogP contribution in [0.2, 0.25) is 19.6 Å². The Bertz CT molecular complexity index is 3890. The molecule has 5 heterocycles. The topological polar surface area (TPSA) is 48.5 Å². The van der Waals surface area contributed by atoms with Gasteiger partial charge in [0.2, 0.25) is 0 Å². The van der Waals surface area contributed by atoms with E-state index in [1.807, 2.05) is 48.0 Å². The number of nitrogens with zero attached hydrogens (tertiary/aromatic N) is 5. The average Bonchev–Trinajstić information content (AvgIpc) is 4.09. The smallest absolute Gasteiger partial charge is 0.0822 e. The van der Waals surface area contributed by atoms with E-state index in [-0.39, 0.29) is 31.9 Å². The van der Waals surface area contributed by atoms with Gasteiger partial charge in [0.25, 0.3) is 0 Å². The Hall–Kier alpha value is -6.80. The molecule has 0 fully saturated rings. The molecule has 12 rings (SSSR count). The first kappa shape index (κ1) is 50.7. The van der Waals surface area contributed by atoms with Gasteiger partial charge in [0.05, 0.1) is 31.1 Å². The van der Waals surface area contributed by atoms with Crippen LogP contribution >= 0.6 is 11.3 Å². The van der Waals surface area contributed by atoms with Crippen molar-refractivity contribution in [3.05, 3.63) is 205 Å². The number of thiophene rings is 1. The Morgan fingerprint density at radius 1 is 0.622 bits per heavy atom. The number of hydrogen-bond donors (Lipinski definition) is 0. The monoisotopic (exact) mass is 1180 g/mol. The summed E-state index contributed by atoms with van der Waals surface area (Å²) < 4.78 is 7.27.